The Morgan fingerprint density at radius 1 is 0.800 bits per heavy atom. The van der Waals surface area contributed by atoms with E-state index in [-0.39, 0.29) is 12.8 Å². The van der Waals surface area contributed by atoms with E-state index in [1.807, 2.05) is 4.90 Å². The van der Waals surface area contributed by atoms with Gasteiger partial charge in [0.15, 0.2) is 0 Å². The molecule has 0 aromatic heterocycles. The fourth-order valence-electron chi connectivity index (χ4n) is 2.50. The second-order valence-corrected chi connectivity index (χ2v) is 8.66. The van der Waals surface area contributed by atoms with E-state index in [0.29, 0.717) is 13.2 Å². The van der Waals surface area contributed by atoms with Gasteiger partial charge in [-0.2, -0.15) is 0 Å². The van der Waals surface area contributed by atoms with Gasteiger partial charge in [-0.15, -0.1) is 0 Å². The Balaban J connectivity index is 4.45. The molecule has 0 atom stereocenters. The highest BCUT2D eigenvalue weighted by atomic mass is 31.2. The Kier molecular flexibility index (Phi) is 17.1. The van der Waals surface area contributed by atoms with Crippen LogP contribution < -0.4 is 0 Å². The molecule has 0 aromatic rings. The first-order chi connectivity index (χ1) is 12.1. The predicted octanol–water partition coefficient (Wildman–Crippen LogP) is 5.63. The SMILES string of the molecule is CCCCCCCCN(CC=O)CP(=O)(OCCCC)OCCCC. The number of unbranched alkanes of at least 4 members (excludes halogenated alkanes) is 7. The largest absolute Gasteiger partial charge is 0.344 e. The Morgan fingerprint density at radius 2 is 1.32 bits per heavy atom. The number of nitrogens with zero attached hydrogens (tertiary/aromatic N) is 1. The van der Waals surface area contributed by atoms with E-state index >= 15 is 0 Å². The lowest BCUT2D eigenvalue weighted by Crippen LogP contribution is -2.29. The molecule has 0 bridgehead atoms. The first kappa shape index (κ1) is 24.8. The van der Waals surface area contributed by atoms with E-state index in [1.54, 1.807) is 0 Å². The molecule has 0 N–H and O–H groups in total. The number of rotatable bonds is 19. The van der Waals surface area contributed by atoms with Gasteiger partial charge in [0, 0.05) is 0 Å². The monoisotopic (exact) mass is 377 g/mol. The molecule has 0 unspecified atom stereocenters. The molecule has 0 saturated carbocycles. The summed E-state index contributed by atoms with van der Waals surface area (Å²) in [5, 5.41) is 0. The molecule has 0 fully saturated rings. The maximum Gasteiger partial charge on any atom is 0.344 e. The quantitative estimate of drug-likeness (QED) is 0.166. The fraction of sp³-hybridized carbons (Fsp3) is 0.947. The summed E-state index contributed by atoms with van der Waals surface area (Å²) in [7, 11) is -3.16. The lowest BCUT2D eigenvalue weighted by molar-refractivity contribution is -0.108. The molecule has 0 spiro atoms. The van der Waals surface area contributed by atoms with Crippen molar-refractivity contribution in [2.75, 3.05) is 32.6 Å². The minimum Gasteiger partial charge on any atom is -0.308 e. The van der Waals surface area contributed by atoms with Crippen molar-refractivity contribution in [1.82, 2.24) is 4.90 Å². The molecular weight excluding hydrogens is 337 g/mol. The Labute approximate surface area is 155 Å². The average molecular weight is 378 g/mol. The maximum atomic E-state index is 13.0. The lowest BCUT2D eigenvalue weighted by atomic mass is 10.1. The van der Waals surface area contributed by atoms with E-state index in [9.17, 15) is 9.36 Å². The Morgan fingerprint density at radius 3 is 1.84 bits per heavy atom. The molecule has 5 nitrogen and oxygen atoms in total. The van der Waals surface area contributed by atoms with Crippen molar-refractivity contribution in [3.63, 3.8) is 0 Å². The number of carbonyl (C=O) groups is 1. The molecule has 25 heavy (non-hydrogen) atoms. The van der Waals surface area contributed by atoms with Crippen LogP contribution in [0.15, 0.2) is 0 Å². The first-order valence-corrected chi connectivity index (χ1v) is 11.9. The van der Waals surface area contributed by atoms with Gasteiger partial charge in [-0.05, 0) is 25.8 Å². The molecule has 150 valence electrons. The number of hydrogen-bond donors (Lipinski definition) is 0. The zero-order valence-corrected chi connectivity index (χ0v) is 17.6. The van der Waals surface area contributed by atoms with E-state index in [0.717, 1.165) is 51.4 Å². The van der Waals surface area contributed by atoms with Crippen molar-refractivity contribution in [1.29, 1.82) is 0 Å². The summed E-state index contributed by atoms with van der Waals surface area (Å²) < 4.78 is 24.3. The second-order valence-electron chi connectivity index (χ2n) is 6.64. The van der Waals surface area contributed by atoms with Crippen LogP contribution in [0.1, 0.15) is 85.0 Å². The van der Waals surface area contributed by atoms with Crippen LogP contribution in [0.3, 0.4) is 0 Å². The standard InChI is InChI=1S/C19H40NO4P/c1-4-7-10-11-12-13-14-20(15-16-21)19-25(22,23-17-8-5-2)24-18-9-6-3/h16H,4-15,17-19H2,1-3H3. The molecule has 0 aromatic carbocycles. The van der Waals surface area contributed by atoms with Crippen molar-refractivity contribution in [3.05, 3.63) is 0 Å². The van der Waals surface area contributed by atoms with E-state index in [2.05, 4.69) is 20.8 Å². The highest BCUT2D eigenvalue weighted by molar-refractivity contribution is 7.53. The third-order valence-electron chi connectivity index (χ3n) is 4.11. The van der Waals surface area contributed by atoms with Gasteiger partial charge >= 0.3 is 7.60 Å². The summed E-state index contributed by atoms with van der Waals surface area (Å²) in [4.78, 5) is 12.9. The van der Waals surface area contributed by atoms with Crippen LogP contribution in [0.2, 0.25) is 0 Å². The molecule has 0 rings (SSSR count). The van der Waals surface area contributed by atoms with Gasteiger partial charge in [-0.1, -0.05) is 65.7 Å². The van der Waals surface area contributed by atoms with Gasteiger partial charge in [-0.25, -0.2) is 0 Å². The first-order valence-electron chi connectivity index (χ1n) is 10.2. The van der Waals surface area contributed by atoms with E-state index in [1.165, 1.54) is 25.7 Å². The molecule has 0 aliphatic heterocycles. The molecule has 6 heteroatoms. The van der Waals surface area contributed by atoms with Gasteiger partial charge in [0.1, 0.15) is 12.6 Å². The highest BCUT2D eigenvalue weighted by Gasteiger charge is 2.27. The van der Waals surface area contributed by atoms with Crippen molar-refractivity contribution < 1.29 is 18.4 Å². The van der Waals surface area contributed by atoms with Crippen molar-refractivity contribution in [2.45, 2.75) is 85.0 Å². The molecule has 0 aliphatic rings. The van der Waals surface area contributed by atoms with E-state index < -0.39 is 7.60 Å². The minimum atomic E-state index is -3.16. The van der Waals surface area contributed by atoms with Gasteiger partial charge in [0.05, 0.1) is 19.8 Å². The van der Waals surface area contributed by atoms with Crippen molar-refractivity contribution >= 4 is 13.9 Å². The Hall–Kier alpha value is -0.220. The molecule has 0 heterocycles. The zero-order valence-electron chi connectivity index (χ0n) is 16.7. The van der Waals surface area contributed by atoms with Gasteiger partial charge in [0.2, 0.25) is 0 Å². The number of hydrogen-bond acceptors (Lipinski definition) is 5. The van der Waals surface area contributed by atoms with Crippen LogP contribution in [-0.2, 0) is 18.4 Å². The normalized spacial score (nSPS) is 12.0. The van der Waals surface area contributed by atoms with Crippen LogP contribution in [-0.4, -0.2) is 43.8 Å². The molecule has 0 aliphatic carbocycles. The zero-order chi connectivity index (χ0) is 18.8. The van der Waals surface area contributed by atoms with Crippen molar-refractivity contribution in [2.24, 2.45) is 0 Å². The third-order valence-corrected chi connectivity index (χ3v) is 6.00. The second kappa shape index (κ2) is 17.2. The van der Waals surface area contributed by atoms with Gasteiger partial charge in [0.25, 0.3) is 0 Å². The highest BCUT2D eigenvalue weighted by Crippen LogP contribution is 2.49. The van der Waals surface area contributed by atoms with Gasteiger partial charge in [-0.3, -0.25) is 9.46 Å². The third kappa shape index (κ3) is 14.6. The lowest BCUT2D eigenvalue weighted by Gasteiger charge is -2.26. The summed E-state index contributed by atoms with van der Waals surface area (Å²) in [6, 6.07) is 0. The summed E-state index contributed by atoms with van der Waals surface area (Å²) in [6.45, 7) is 8.31. The predicted molar refractivity (Wildman–Crippen MR) is 105 cm³/mol. The van der Waals surface area contributed by atoms with Crippen LogP contribution >= 0.6 is 7.60 Å². The number of carbonyl (C=O) groups excluding carboxylic acids is 1. The molecule has 0 radical (unpaired) electrons. The van der Waals surface area contributed by atoms with E-state index in [4.69, 9.17) is 9.05 Å². The number of aldehydes is 1. The molecule has 0 amide bonds. The van der Waals surface area contributed by atoms with Crippen LogP contribution in [0.5, 0.6) is 0 Å². The van der Waals surface area contributed by atoms with Crippen LogP contribution in [0, 0.1) is 0 Å². The van der Waals surface area contributed by atoms with Crippen LogP contribution in [0.25, 0.3) is 0 Å². The smallest absolute Gasteiger partial charge is 0.308 e. The molecular formula is C19H40NO4P. The molecule has 0 saturated heterocycles. The summed E-state index contributed by atoms with van der Waals surface area (Å²) in [5.74, 6) is 0. The summed E-state index contributed by atoms with van der Waals surface area (Å²) in [5.41, 5.74) is 0. The summed E-state index contributed by atoms with van der Waals surface area (Å²) >= 11 is 0. The average Bonchev–Trinajstić information content (AvgIpc) is 2.58. The minimum absolute atomic E-state index is 0.216. The van der Waals surface area contributed by atoms with Gasteiger partial charge < -0.3 is 13.8 Å². The fourth-order valence-corrected chi connectivity index (χ4v) is 4.30. The summed E-state index contributed by atoms with van der Waals surface area (Å²) in [6.07, 6.45) is 12.0. The topological polar surface area (TPSA) is 55.8 Å². The Bertz CT molecular complexity index is 338. The maximum absolute atomic E-state index is 13.0. The van der Waals surface area contributed by atoms with Crippen molar-refractivity contribution in [3.8, 4) is 0 Å². The van der Waals surface area contributed by atoms with Crippen LogP contribution in [0.4, 0.5) is 0 Å².